The molecule has 0 aromatic rings. The molecule has 2 amide bonds. The van der Waals surface area contributed by atoms with Crippen LogP contribution >= 0.6 is 0 Å². The molecule has 5 nitrogen and oxygen atoms in total. The molecule has 0 bridgehead atoms. The molecular formula is C16H34N2O3. The maximum Gasteiger partial charge on any atom is 0.220 e. The maximum atomic E-state index is 11.6. The number of carbonyl (C=O) groups excluding carboxylic acids is 2. The lowest BCUT2D eigenvalue weighted by atomic mass is 10.0. The highest BCUT2D eigenvalue weighted by Gasteiger charge is 2.23. The molecule has 0 unspecified atom stereocenters. The van der Waals surface area contributed by atoms with Gasteiger partial charge in [0.2, 0.25) is 11.8 Å². The highest BCUT2D eigenvalue weighted by atomic mass is 16.5. The number of ether oxygens (including phenoxy) is 1. The number of rotatable bonds is 8. The number of nitrogens with one attached hydrogen (secondary N) is 2. The Morgan fingerprint density at radius 1 is 1.05 bits per heavy atom. The zero-order valence-corrected chi connectivity index (χ0v) is 15.1. The molecule has 0 aliphatic carbocycles. The second-order valence-electron chi connectivity index (χ2n) is 5.97. The van der Waals surface area contributed by atoms with E-state index in [1.165, 1.54) is 6.92 Å². The SMILES string of the molecule is CC.CCCC(=O)NC(C)(C)CCOC(C)(C)NC(C)=O. The molecule has 0 aliphatic heterocycles. The molecule has 0 spiro atoms. The predicted molar refractivity (Wildman–Crippen MR) is 86.9 cm³/mol. The quantitative estimate of drug-likeness (QED) is 0.677. The van der Waals surface area contributed by atoms with Crippen molar-refractivity contribution in [3.05, 3.63) is 0 Å². The van der Waals surface area contributed by atoms with E-state index in [0.717, 1.165) is 6.42 Å². The Kier molecular flexibility index (Phi) is 11.2. The molecular weight excluding hydrogens is 268 g/mol. The van der Waals surface area contributed by atoms with Crippen LogP contribution in [0.15, 0.2) is 0 Å². The summed E-state index contributed by atoms with van der Waals surface area (Å²) in [6, 6.07) is 0. The van der Waals surface area contributed by atoms with Crippen LogP contribution in [0.1, 0.15) is 74.7 Å². The van der Waals surface area contributed by atoms with Crippen molar-refractivity contribution < 1.29 is 14.3 Å². The molecule has 0 fully saturated rings. The highest BCUT2D eigenvalue weighted by molar-refractivity contribution is 5.76. The predicted octanol–water partition coefficient (Wildman–Crippen LogP) is 2.99. The third-order valence-electron chi connectivity index (χ3n) is 2.62. The van der Waals surface area contributed by atoms with Crippen LogP contribution in [-0.4, -0.2) is 29.7 Å². The van der Waals surface area contributed by atoms with E-state index in [1.807, 2.05) is 34.6 Å². The number of amides is 2. The van der Waals surface area contributed by atoms with E-state index in [1.54, 1.807) is 13.8 Å². The van der Waals surface area contributed by atoms with Crippen molar-refractivity contribution >= 4 is 11.8 Å². The van der Waals surface area contributed by atoms with E-state index in [2.05, 4.69) is 10.6 Å². The van der Waals surface area contributed by atoms with Crippen LogP contribution in [0, 0.1) is 0 Å². The van der Waals surface area contributed by atoms with Gasteiger partial charge in [-0.25, -0.2) is 0 Å². The van der Waals surface area contributed by atoms with Gasteiger partial charge in [0.25, 0.3) is 0 Å². The second kappa shape index (κ2) is 10.6. The first-order chi connectivity index (χ1) is 9.58. The van der Waals surface area contributed by atoms with Crippen molar-refractivity contribution in [3.8, 4) is 0 Å². The Bertz CT molecular complexity index is 313. The van der Waals surface area contributed by atoms with Gasteiger partial charge >= 0.3 is 0 Å². The zero-order chi connectivity index (χ0) is 17.1. The van der Waals surface area contributed by atoms with Crippen LogP contribution in [0.25, 0.3) is 0 Å². The lowest BCUT2D eigenvalue weighted by Crippen LogP contribution is -2.47. The first-order valence-electron chi connectivity index (χ1n) is 7.82. The van der Waals surface area contributed by atoms with Gasteiger partial charge in [-0.15, -0.1) is 0 Å². The minimum Gasteiger partial charge on any atom is -0.356 e. The van der Waals surface area contributed by atoms with E-state index in [4.69, 9.17) is 4.74 Å². The molecule has 0 rings (SSSR count). The van der Waals surface area contributed by atoms with E-state index in [9.17, 15) is 9.59 Å². The largest absolute Gasteiger partial charge is 0.356 e. The van der Waals surface area contributed by atoms with Crippen LogP contribution in [0.4, 0.5) is 0 Å². The van der Waals surface area contributed by atoms with Gasteiger partial charge in [0.05, 0.1) is 6.61 Å². The third kappa shape index (κ3) is 13.6. The standard InChI is InChI=1S/C14H28N2O3.C2H6/c1-7-8-12(18)16-13(3,4)9-10-19-14(5,6)15-11(2)17;1-2/h7-10H2,1-6H3,(H,15,17)(H,16,18);1-2H3. The first kappa shape index (κ1) is 22.2. The summed E-state index contributed by atoms with van der Waals surface area (Å²) in [6.45, 7) is 15.4. The average molecular weight is 302 g/mol. The average Bonchev–Trinajstić information content (AvgIpc) is 2.28. The highest BCUT2D eigenvalue weighted by Crippen LogP contribution is 2.12. The zero-order valence-electron chi connectivity index (χ0n) is 15.1. The Morgan fingerprint density at radius 2 is 1.57 bits per heavy atom. The van der Waals surface area contributed by atoms with E-state index in [-0.39, 0.29) is 17.4 Å². The molecule has 5 heteroatoms. The van der Waals surface area contributed by atoms with Crippen LogP contribution in [0.2, 0.25) is 0 Å². The molecule has 0 aliphatic rings. The van der Waals surface area contributed by atoms with Gasteiger partial charge in [-0.3, -0.25) is 9.59 Å². The van der Waals surface area contributed by atoms with Gasteiger partial charge in [0, 0.05) is 18.9 Å². The van der Waals surface area contributed by atoms with Crippen molar-refractivity contribution in [1.82, 2.24) is 10.6 Å². The molecule has 0 aromatic carbocycles. The number of carbonyl (C=O) groups is 2. The van der Waals surface area contributed by atoms with E-state index >= 15 is 0 Å². The molecule has 0 atom stereocenters. The van der Waals surface area contributed by atoms with Crippen molar-refractivity contribution in [3.63, 3.8) is 0 Å². The summed E-state index contributed by atoms with van der Waals surface area (Å²) in [5.41, 5.74) is -0.992. The summed E-state index contributed by atoms with van der Waals surface area (Å²) >= 11 is 0. The Morgan fingerprint density at radius 3 is 2.00 bits per heavy atom. The third-order valence-corrected chi connectivity index (χ3v) is 2.62. The lowest BCUT2D eigenvalue weighted by Gasteiger charge is -2.30. The van der Waals surface area contributed by atoms with Crippen molar-refractivity contribution in [2.24, 2.45) is 0 Å². The van der Waals surface area contributed by atoms with E-state index < -0.39 is 5.72 Å². The van der Waals surface area contributed by atoms with E-state index in [0.29, 0.717) is 19.4 Å². The summed E-state index contributed by atoms with van der Waals surface area (Å²) in [6.07, 6.45) is 2.07. The molecule has 126 valence electrons. The summed E-state index contributed by atoms with van der Waals surface area (Å²) in [7, 11) is 0. The van der Waals surface area contributed by atoms with Crippen molar-refractivity contribution in [1.29, 1.82) is 0 Å². The minimum atomic E-state index is -0.685. The molecule has 21 heavy (non-hydrogen) atoms. The Labute approximate surface area is 130 Å². The maximum absolute atomic E-state index is 11.6. The normalized spacial score (nSPS) is 11.2. The monoisotopic (exact) mass is 302 g/mol. The summed E-state index contributed by atoms with van der Waals surface area (Å²) in [5, 5.41) is 5.70. The van der Waals surface area contributed by atoms with Crippen LogP contribution in [0.5, 0.6) is 0 Å². The van der Waals surface area contributed by atoms with Gasteiger partial charge in [0.1, 0.15) is 5.72 Å². The Hall–Kier alpha value is -1.10. The van der Waals surface area contributed by atoms with Crippen LogP contribution in [0.3, 0.4) is 0 Å². The summed E-state index contributed by atoms with van der Waals surface area (Å²) < 4.78 is 5.63. The Balaban J connectivity index is 0. The molecule has 2 N–H and O–H groups in total. The smallest absolute Gasteiger partial charge is 0.220 e. The van der Waals surface area contributed by atoms with Gasteiger partial charge in [-0.1, -0.05) is 20.8 Å². The fraction of sp³-hybridized carbons (Fsp3) is 0.875. The fourth-order valence-electron chi connectivity index (χ4n) is 1.75. The summed E-state index contributed by atoms with van der Waals surface area (Å²) in [4.78, 5) is 22.5. The van der Waals surface area contributed by atoms with Gasteiger partial charge in [-0.05, 0) is 40.5 Å². The number of hydrogen-bond acceptors (Lipinski definition) is 3. The van der Waals surface area contributed by atoms with Gasteiger partial charge < -0.3 is 15.4 Å². The molecule has 0 saturated carbocycles. The van der Waals surface area contributed by atoms with Gasteiger partial charge in [-0.2, -0.15) is 0 Å². The topological polar surface area (TPSA) is 67.4 Å². The van der Waals surface area contributed by atoms with Crippen molar-refractivity contribution in [2.75, 3.05) is 6.61 Å². The van der Waals surface area contributed by atoms with Crippen molar-refractivity contribution in [2.45, 2.75) is 85.9 Å². The molecule has 0 saturated heterocycles. The molecule has 0 radical (unpaired) electrons. The minimum absolute atomic E-state index is 0.0635. The molecule has 0 heterocycles. The first-order valence-corrected chi connectivity index (χ1v) is 7.82. The van der Waals surface area contributed by atoms with Crippen LogP contribution < -0.4 is 10.6 Å². The summed E-state index contributed by atoms with van der Waals surface area (Å²) in [5.74, 6) is -0.0610. The fourth-order valence-corrected chi connectivity index (χ4v) is 1.75. The van der Waals surface area contributed by atoms with Crippen LogP contribution in [-0.2, 0) is 14.3 Å². The number of hydrogen-bond donors (Lipinski definition) is 2. The lowest BCUT2D eigenvalue weighted by molar-refractivity contribution is -0.129. The molecule has 0 aromatic heterocycles. The second-order valence-corrected chi connectivity index (χ2v) is 5.97. The van der Waals surface area contributed by atoms with Gasteiger partial charge in [0.15, 0.2) is 0 Å².